The highest BCUT2D eigenvalue weighted by Crippen LogP contribution is 2.23. The minimum absolute atomic E-state index is 0.0244. The molecule has 4 heteroatoms. The lowest BCUT2D eigenvalue weighted by Crippen LogP contribution is -1.98. The Bertz CT molecular complexity index is 383. The van der Waals surface area contributed by atoms with E-state index in [4.69, 9.17) is 10.6 Å². The maximum atomic E-state index is 8.87. The Labute approximate surface area is 89.2 Å². The van der Waals surface area contributed by atoms with Crippen molar-refractivity contribution >= 4 is 0 Å². The Balaban J connectivity index is 3.00. The summed E-state index contributed by atoms with van der Waals surface area (Å²) in [6, 6.07) is 5.68. The monoisotopic (exact) mass is 205 g/mol. The largest absolute Gasteiger partial charge is 0.396 e. The van der Waals surface area contributed by atoms with E-state index in [1.165, 1.54) is 11.1 Å². The van der Waals surface area contributed by atoms with Gasteiger partial charge in [-0.25, -0.2) is 0 Å². The van der Waals surface area contributed by atoms with Crippen molar-refractivity contribution < 1.29 is 5.11 Å². The third kappa shape index (κ3) is 2.98. The van der Waals surface area contributed by atoms with Gasteiger partial charge in [0.25, 0.3) is 0 Å². The van der Waals surface area contributed by atoms with E-state index >= 15 is 0 Å². The summed E-state index contributed by atoms with van der Waals surface area (Å²) in [4.78, 5) is 2.80. The van der Waals surface area contributed by atoms with Gasteiger partial charge in [-0.2, -0.15) is 0 Å². The molecule has 1 aromatic rings. The molecule has 0 heterocycles. The van der Waals surface area contributed by atoms with E-state index in [1.54, 1.807) is 0 Å². The van der Waals surface area contributed by atoms with Gasteiger partial charge in [0.1, 0.15) is 0 Å². The average Bonchev–Trinajstić information content (AvgIpc) is 2.22. The molecule has 0 aromatic heterocycles. The lowest BCUT2D eigenvalue weighted by Gasteiger charge is -2.11. The molecule has 15 heavy (non-hydrogen) atoms. The molecular formula is C11H15N3O. The lowest BCUT2D eigenvalue weighted by atomic mass is 10.00. The lowest BCUT2D eigenvalue weighted by molar-refractivity contribution is 0.276. The van der Waals surface area contributed by atoms with Gasteiger partial charge in [-0.15, -0.1) is 0 Å². The SMILES string of the molecule is Cc1ccc(C(CCO)N=[N+]=[N-])cc1C. The van der Waals surface area contributed by atoms with E-state index in [0.29, 0.717) is 6.42 Å². The molecular weight excluding hydrogens is 190 g/mol. The Morgan fingerprint density at radius 1 is 1.40 bits per heavy atom. The van der Waals surface area contributed by atoms with Crippen LogP contribution in [0.3, 0.4) is 0 Å². The number of azide groups is 1. The normalized spacial score (nSPS) is 11.9. The highest BCUT2D eigenvalue weighted by Gasteiger charge is 2.09. The molecule has 4 nitrogen and oxygen atoms in total. The standard InChI is InChI=1S/C11H15N3O/c1-8-3-4-10(7-9(8)2)11(5-6-15)13-14-12/h3-4,7,11,15H,5-6H2,1-2H3. The first kappa shape index (κ1) is 11.6. The number of hydrogen-bond donors (Lipinski definition) is 1. The fourth-order valence-electron chi connectivity index (χ4n) is 1.45. The zero-order valence-electron chi connectivity index (χ0n) is 9.01. The van der Waals surface area contributed by atoms with Gasteiger partial charge in [-0.1, -0.05) is 23.3 Å². The zero-order valence-corrected chi connectivity index (χ0v) is 9.01. The quantitative estimate of drug-likeness (QED) is 0.458. The fraction of sp³-hybridized carbons (Fsp3) is 0.455. The maximum Gasteiger partial charge on any atom is 0.0647 e. The molecule has 0 aliphatic rings. The summed E-state index contributed by atoms with van der Waals surface area (Å²) in [6.45, 7) is 4.08. The van der Waals surface area contributed by atoms with Crippen LogP contribution in [0.4, 0.5) is 0 Å². The molecule has 0 radical (unpaired) electrons. The molecule has 0 spiro atoms. The summed E-state index contributed by atoms with van der Waals surface area (Å²) in [5.41, 5.74) is 11.8. The number of rotatable bonds is 4. The number of aliphatic hydroxyl groups is 1. The van der Waals surface area contributed by atoms with Gasteiger partial charge in [0.2, 0.25) is 0 Å². The summed E-state index contributed by atoms with van der Waals surface area (Å²) < 4.78 is 0. The molecule has 1 rings (SSSR count). The van der Waals surface area contributed by atoms with Gasteiger partial charge >= 0.3 is 0 Å². The van der Waals surface area contributed by atoms with Crippen molar-refractivity contribution in [3.8, 4) is 0 Å². The second-order valence-corrected chi connectivity index (χ2v) is 3.58. The van der Waals surface area contributed by atoms with Crippen molar-refractivity contribution in [3.63, 3.8) is 0 Å². The first-order valence-electron chi connectivity index (χ1n) is 4.91. The topological polar surface area (TPSA) is 69.0 Å². The van der Waals surface area contributed by atoms with Crippen LogP contribution in [0, 0.1) is 13.8 Å². The number of nitrogens with zero attached hydrogens (tertiary/aromatic N) is 3. The summed E-state index contributed by atoms with van der Waals surface area (Å²) in [5, 5.41) is 12.5. The molecule has 0 saturated carbocycles. The fourth-order valence-corrected chi connectivity index (χ4v) is 1.45. The van der Waals surface area contributed by atoms with Crippen molar-refractivity contribution in [3.05, 3.63) is 45.3 Å². The van der Waals surface area contributed by atoms with Gasteiger partial charge in [0, 0.05) is 11.5 Å². The van der Waals surface area contributed by atoms with E-state index in [0.717, 1.165) is 5.56 Å². The maximum absolute atomic E-state index is 8.87. The predicted octanol–water partition coefficient (Wildman–Crippen LogP) is 3.04. The van der Waals surface area contributed by atoms with Crippen LogP contribution >= 0.6 is 0 Å². The van der Waals surface area contributed by atoms with Crippen LogP contribution < -0.4 is 0 Å². The first-order valence-corrected chi connectivity index (χ1v) is 4.91. The smallest absolute Gasteiger partial charge is 0.0647 e. The van der Waals surface area contributed by atoms with E-state index in [-0.39, 0.29) is 12.6 Å². The van der Waals surface area contributed by atoms with Crippen LogP contribution in [0.1, 0.15) is 29.2 Å². The van der Waals surface area contributed by atoms with Crippen LogP contribution in [0.2, 0.25) is 0 Å². The van der Waals surface area contributed by atoms with Crippen LogP contribution in [-0.4, -0.2) is 11.7 Å². The Kier molecular flexibility index (Phi) is 4.16. The van der Waals surface area contributed by atoms with Gasteiger partial charge < -0.3 is 5.11 Å². The Morgan fingerprint density at radius 3 is 2.67 bits per heavy atom. The van der Waals surface area contributed by atoms with Crippen molar-refractivity contribution in [1.82, 2.24) is 0 Å². The highest BCUT2D eigenvalue weighted by molar-refractivity contribution is 5.31. The number of hydrogen-bond acceptors (Lipinski definition) is 2. The molecule has 0 aliphatic carbocycles. The second kappa shape index (κ2) is 5.39. The third-order valence-electron chi connectivity index (χ3n) is 2.51. The molecule has 0 aliphatic heterocycles. The first-order chi connectivity index (χ1) is 7.19. The Hall–Kier alpha value is -1.51. The van der Waals surface area contributed by atoms with Crippen molar-refractivity contribution in [2.75, 3.05) is 6.61 Å². The van der Waals surface area contributed by atoms with Gasteiger partial charge in [-0.3, -0.25) is 0 Å². The predicted molar refractivity (Wildman–Crippen MR) is 59.5 cm³/mol. The van der Waals surface area contributed by atoms with Crippen LogP contribution in [0.25, 0.3) is 10.4 Å². The molecule has 0 fully saturated rings. The highest BCUT2D eigenvalue weighted by atomic mass is 16.3. The van der Waals surface area contributed by atoms with E-state index in [2.05, 4.69) is 10.0 Å². The van der Waals surface area contributed by atoms with Crippen LogP contribution in [0.5, 0.6) is 0 Å². The zero-order chi connectivity index (χ0) is 11.3. The molecule has 1 N–H and O–H groups in total. The van der Waals surface area contributed by atoms with Crippen molar-refractivity contribution in [2.45, 2.75) is 26.3 Å². The number of aryl methyl sites for hydroxylation is 2. The van der Waals surface area contributed by atoms with Gasteiger partial charge in [-0.05, 0) is 42.5 Å². The van der Waals surface area contributed by atoms with Crippen molar-refractivity contribution in [1.29, 1.82) is 0 Å². The minimum atomic E-state index is -0.265. The second-order valence-electron chi connectivity index (χ2n) is 3.58. The molecule has 1 atom stereocenters. The summed E-state index contributed by atoms with van der Waals surface area (Å²) in [6.07, 6.45) is 0.465. The van der Waals surface area contributed by atoms with E-state index < -0.39 is 0 Å². The molecule has 0 saturated heterocycles. The van der Waals surface area contributed by atoms with Crippen LogP contribution in [-0.2, 0) is 0 Å². The van der Waals surface area contributed by atoms with Crippen molar-refractivity contribution in [2.24, 2.45) is 5.11 Å². The summed E-state index contributed by atoms with van der Waals surface area (Å²) in [5.74, 6) is 0. The molecule has 80 valence electrons. The van der Waals surface area contributed by atoms with Crippen LogP contribution in [0.15, 0.2) is 23.3 Å². The van der Waals surface area contributed by atoms with Gasteiger partial charge in [0.05, 0.1) is 6.04 Å². The molecule has 0 bridgehead atoms. The number of aliphatic hydroxyl groups excluding tert-OH is 1. The summed E-state index contributed by atoms with van der Waals surface area (Å²) in [7, 11) is 0. The molecule has 1 aromatic carbocycles. The molecule has 0 amide bonds. The summed E-state index contributed by atoms with van der Waals surface area (Å²) >= 11 is 0. The van der Waals surface area contributed by atoms with E-state index in [1.807, 2.05) is 32.0 Å². The number of benzene rings is 1. The Morgan fingerprint density at radius 2 is 2.13 bits per heavy atom. The minimum Gasteiger partial charge on any atom is -0.396 e. The van der Waals surface area contributed by atoms with E-state index in [9.17, 15) is 0 Å². The van der Waals surface area contributed by atoms with Gasteiger partial charge in [0.15, 0.2) is 0 Å². The third-order valence-corrected chi connectivity index (χ3v) is 2.51. The average molecular weight is 205 g/mol. The molecule has 1 unspecified atom stereocenters.